The molecular weight excluding hydrogens is 256 g/mol. The Kier molecular flexibility index (Phi) is 4.86. The Bertz CT molecular complexity index is 431. The lowest BCUT2D eigenvalue weighted by Gasteiger charge is -2.20. The zero-order valence-electron chi connectivity index (χ0n) is 11.9. The van der Waals surface area contributed by atoms with Gasteiger partial charge in [-0.2, -0.15) is 0 Å². The third-order valence-corrected chi connectivity index (χ3v) is 5.20. The van der Waals surface area contributed by atoms with Crippen molar-refractivity contribution in [2.45, 2.75) is 51.9 Å². The van der Waals surface area contributed by atoms with Crippen LogP contribution in [0.5, 0.6) is 0 Å². The Hall–Kier alpha value is -1.03. The van der Waals surface area contributed by atoms with Gasteiger partial charge in [-0.25, -0.2) is 0 Å². The summed E-state index contributed by atoms with van der Waals surface area (Å²) in [5.74, 6) is 0.708. The fraction of sp³-hybridized carbons (Fsp3) is 0.667. The Morgan fingerprint density at radius 1 is 1.32 bits per heavy atom. The minimum atomic E-state index is 0.0841. The Labute approximate surface area is 119 Å². The first kappa shape index (κ1) is 14.4. The molecule has 19 heavy (non-hydrogen) atoms. The van der Waals surface area contributed by atoms with Crippen LogP contribution >= 0.6 is 11.3 Å². The fourth-order valence-electron chi connectivity index (χ4n) is 2.86. The Balaban J connectivity index is 2.18. The smallest absolute Gasteiger partial charge is 0.256 e. The van der Waals surface area contributed by atoms with Gasteiger partial charge in [0.1, 0.15) is 0 Å². The zero-order valence-corrected chi connectivity index (χ0v) is 12.8. The van der Waals surface area contributed by atoms with Crippen LogP contribution in [0.25, 0.3) is 0 Å². The average Bonchev–Trinajstić information content (AvgIpc) is 2.83. The van der Waals surface area contributed by atoms with Gasteiger partial charge in [0.2, 0.25) is 0 Å². The van der Waals surface area contributed by atoms with Crippen LogP contribution < -0.4 is 5.73 Å². The van der Waals surface area contributed by atoms with E-state index in [0.717, 1.165) is 13.1 Å². The highest BCUT2D eigenvalue weighted by Crippen LogP contribution is 2.39. The average molecular weight is 280 g/mol. The van der Waals surface area contributed by atoms with E-state index in [1.807, 2.05) is 18.7 Å². The van der Waals surface area contributed by atoms with E-state index in [2.05, 4.69) is 6.07 Å². The van der Waals surface area contributed by atoms with Crippen LogP contribution in [0.2, 0.25) is 0 Å². The molecule has 3 nitrogen and oxygen atoms in total. The molecule has 0 aliphatic heterocycles. The van der Waals surface area contributed by atoms with Gasteiger partial charge in [-0.1, -0.05) is 19.3 Å². The number of amides is 1. The van der Waals surface area contributed by atoms with Gasteiger partial charge >= 0.3 is 0 Å². The molecule has 0 unspecified atom stereocenters. The standard InChI is InChI=1S/C15H24N2OS/c1-3-17(4-2)15(18)12-10-13(19-14(12)16)11-8-6-5-7-9-11/h10-11H,3-9,16H2,1-2H3. The van der Waals surface area contributed by atoms with Gasteiger partial charge in [0.05, 0.1) is 10.6 Å². The van der Waals surface area contributed by atoms with Crippen molar-refractivity contribution in [3.63, 3.8) is 0 Å². The molecule has 1 aromatic rings. The SMILES string of the molecule is CCN(CC)C(=O)c1cc(C2CCCCC2)sc1N. The van der Waals surface area contributed by atoms with Crippen molar-refractivity contribution in [1.82, 2.24) is 4.90 Å². The second-order valence-corrected chi connectivity index (χ2v) is 6.35. The molecule has 0 atom stereocenters. The van der Waals surface area contributed by atoms with Crippen LogP contribution in [0.3, 0.4) is 0 Å². The number of thiophene rings is 1. The first-order valence-corrected chi connectivity index (χ1v) is 8.17. The van der Waals surface area contributed by atoms with Crippen LogP contribution in [0, 0.1) is 0 Å². The second-order valence-electron chi connectivity index (χ2n) is 5.24. The lowest BCUT2D eigenvalue weighted by Crippen LogP contribution is -2.30. The van der Waals surface area contributed by atoms with Gasteiger partial charge in [-0.3, -0.25) is 4.79 Å². The van der Waals surface area contributed by atoms with E-state index in [-0.39, 0.29) is 5.91 Å². The van der Waals surface area contributed by atoms with Crippen LogP contribution in [0.4, 0.5) is 5.00 Å². The van der Waals surface area contributed by atoms with E-state index >= 15 is 0 Å². The minimum Gasteiger partial charge on any atom is -0.390 e. The summed E-state index contributed by atoms with van der Waals surface area (Å²) in [6.07, 6.45) is 6.46. The summed E-state index contributed by atoms with van der Waals surface area (Å²) in [4.78, 5) is 15.5. The van der Waals surface area contributed by atoms with E-state index < -0.39 is 0 Å². The first-order valence-electron chi connectivity index (χ1n) is 7.35. The normalized spacial score (nSPS) is 16.5. The van der Waals surface area contributed by atoms with Crippen molar-refractivity contribution >= 4 is 22.2 Å². The lowest BCUT2D eigenvalue weighted by atomic mass is 9.88. The highest BCUT2D eigenvalue weighted by Gasteiger charge is 2.23. The summed E-state index contributed by atoms with van der Waals surface area (Å²) in [5, 5.41) is 0.692. The molecule has 0 saturated heterocycles. The number of hydrogen-bond donors (Lipinski definition) is 1. The van der Waals surface area contributed by atoms with Crippen molar-refractivity contribution in [2.75, 3.05) is 18.8 Å². The number of anilines is 1. The molecule has 0 spiro atoms. The molecule has 1 heterocycles. The molecular formula is C15H24N2OS. The van der Waals surface area contributed by atoms with Gasteiger partial charge in [-0.15, -0.1) is 11.3 Å². The van der Waals surface area contributed by atoms with Gasteiger partial charge in [0, 0.05) is 18.0 Å². The molecule has 4 heteroatoms. The highest BCUT2D eigenvalue weighted by molar-refractivity contribution is 7.16. The second kappa shape index (κ2) is 6.42. The van der Waals surface area contributed by atoms with Crippen LogP contribution in [0.15, 0.2) is 6.07 Å². The van der Waals surface area contributed by atoms with Gasteiger partial charge in [0.25, 0.3) is 5.91 Å². The fourth-order valence-corrected chi connectivity index (χ4v) is 3.95. The minimum absolute atomic E-state index is 0.0841. The van der Waals surface area contributed by atoms with Crippen LogP contribution in [-0.4, -0.2) is 23.9 Å². The number of nitrogen functional groups attached to an aromatic ring is 1. The Morgan fingerprint density at radius 2 is 1.95 bits per heavy atom. The van der Waals surface area contributed by atoms with E-state index in [0.29, 0.717) is 16.5 Å². The molecule has 1 aliphatic rings. The maximum atomic E-state index is 12.4. The summed E-state index contributed by atoms with van der Waals surface area (Å²) in [6.45, 7) is 5.49. The van der Waals surface area contributed by atoms with Crippen LogP contribution in [0.1, 0.15) is 67.1 Å². The maximum absolute atomic E-state index is 12.4. The number of carbonyl (C=O) groups excluding carboxylic acids is 1. The highest BCUT2D eigenvalue weighted by atomic mass is 32.1. The number of nitrogens with zero attached hydrogens (tertiary/aromatic N) is 1. The predicted octanol–water partition coefficient (Wildman–Crippen LogP) is 3.86. The third kappa shape index (κ3) is 3.11. The van der Waals surface area contributed by atoms with Crippen molar-refractivity contribution in [3.05, 3.63) is 16.5 Å². The maximum Gasteiger partial charge on any atom is 0.256 e. The molecule has 0 radical (unpaired) electrons. The molecule has 1 aromatic heterocycles. The summed E-state index contributed by atoms with van der Waals surface area (Å²) < 4.78 is 0. The van der Waals surface area contributed by atoms with E-state index in [4.69, 9.17) is 5.73 Å². The molecule has 2 rings (SSSR count). The quantitative estimate of drug-likeness (QED) is 0.910. The lowest BCUT2D eigenvalue weighted by molar-refractivity contribution is 0.0774. The van der Waals surface area contributed by atoms with Gasteiger partial charge < -0.3 is 10.6 Å². The van der Waals surface area contributed by atoms with Gasteiger partial charge in [0.15, 0.2) is 0 Å². The number of nitrogens with two attached hydrogens (primary N) is 1. The number of hydrogen-bond acceptors (Lipinski definition) is 3. The number of rotatable bonds is 4. The van der Waals surface area contributed by atoms with E-state index in [9.17, 15) is 4.79 Å². The topological polar surface area (TPSA) is 46.3 Å². The molecule has 1 amide bonds. The summed E-state index contributed by atoms with van der Waals surface area (Å²) in [6, 6.07) is 2.05. The zero-order chi connectivity index (χ0) is 13.8. The van der Waals surface area contributed by atoms with Gasteiger partial charge in [-0.05, 0) is 38.7 Å². The van der Waals surface area contributed by atoms with E-state index in [1.54, 1.807) is 11.3 Å². The monoisotopic (exact) mass is 280 g/mol. The molecule has 0 bridgehead atoms. The van der Waals surface area contributed by atoms with Crippen LogP contribution in [-0.2, 0) is 0 Å². The molecule has 0 aromatic carbocycles. The largest absolute Gasteiger partial charge is 0.390 e. The molecule has 1 aliphatic carbocycles. The number of carbonyl (C=O) groups is 1. The van der Waals surface area contributed by atoms with Crippen molar-refractivity contribution < 1.29 is 4.79 Å². The summed E-state index contributed by atoms with van der Waals surface area (Å²) in [7, 11) is 0. The van der Waals surface area contributed by atoms with Crippen molar-refractivity contribution in [1.29, 1.82) is 0 Å². The molecule has 106 valence electrons. The summed E-state index contributed by atoms with van der Waals surface area (Å²) >= 11 is 1.62. The van der Waals surface area contributed by atoms with Crippen molar-refractivity contribution in [2.24, 2.45) is 0 Å². The molecule has 1 fully saturated rings. The first-order chi connectivity index (χ1) is 9.17. The van der Waals surface area contributed by atoms with Crippen molar-refractivity contribution in [3.8, 4) is 0 Å². The summed E-state index contributed by atoms with van der Waals surface area (Å²) in [5.41, 5.74) is 6.78. The predicted molar refractivity (Wildman–Crippen MR) is 81.8 cm³/mol. The van der Waals surface area contributed by atoms with E-state index in [1.165, 1.54) is 37.0 Å². The third-order valence-electron chi connectivity index (χ3n) is 4.07. The molecule has 1 saturated carbocycles. The molecule has 2 N–H and O–H groups in total. The Morgan fingerprint density at radius 3 is 2.53 bits per heavy atom.